The molecule has 0 unspecified atom stereocenters. The Kier molecular flexibility index (Phi) is 9.38. The molecule has 4 N–H and O–H groups in total. The Labute approximate surface area is 253 Å². The van der Waals surface area contributed by atoms with Crippen molar-refractivity contribution >= 4 is 25.3 Å². The summed E-state index contributed by atoms with van der Waals surface area (Å²) >= 11 is 0. The molecule has 0 bridgehead atoms. The fourth-order valence-electron chi connectivity index (χ4n) is 5.56. The van der Waals surface area contributed by atoms with E-state index in [9.17, 15) is 29.4 Å². The molecule has 2 aromatic carbocycles. The second kappa shape index (κ2) is 13.1. The fraction of sp³-hybridized carbons (Fsp3) is 0.387. The van der Waals surface area contributed by atoms with Gasteiger partial charge in [0.15, 0.2) is 6.23 Å². The van der Waals surface area contributed by atoms with Crippen molar-refractivity contribution < 1.29 is 34.0 Å². The zero-order valence-electron chi connectivity index (χ0n) is 24.5. The molecule has 0 spiro atoms. The third-order valence-electron chi connectivity index (χ3n) is 7.78. The van der Waals surface area contributed by atoms with Crippen LogP contribution in [0, 0.1) is 0 Å². The predicted octanol–water partition coefficient (Wildman–Crippen LogP) is 1.84. The number of aromatic amines is 1. The maximum absolute atomic E-state index is 12.5. The van der Waals surface area contributed by atoms with Crippen molar-refractivity contribution in [1.82, 2.24) is 14.9 Å². The lowest BCUT2D eigenvalue weighted by atomic mass is 9.98. The number of aliphatic hydroxyl groups is 2. The molecule has 2 aliphatic rings. The maximum Gasteiger partial charge on any atom is 0.516 e. The van der Waals surface area contributed by atoms with Crippen LogP contribution in [0.1, 0.15) is 35.3 Å². The van der Waals surface area contributed by atoms with Gasteiger partial charge < -0.3 is 29.7 Å². The molecule has 0 saturated carbocycles. The van der Waals surface area contributed by atoms with Gasteiger partial charge >= 0.3 is 17.8 Å². The highest BCUT2D eigenvalue weighted by Gasteiger charge is 2.44. The van der Waals surface area contributed by atoms with E-state index in [4.69, 9.17) is 14.2 Å². The minimum atomic E-state index is -1.41. The van der Waals surface area contributed by atoms with Crippen molar-refractivity contribution in [2.24, 2.45) is 0 Å². The first-order valence-electron chi connectivity index (χ1n) is 14.2. The van der Waals surface area contributed by atoms with E-state index in [0.717, 1.165) is 33.0 Å². The Morgan fingerprint density at radius 1 is 1.05 bits per heavy atom. The number of H-pyrrole nitrogens is 1. The Morgan fingerprint density at radius 2 is 1.68 bits per heavy atom. The smallest absolute Gasteiger partial charge is 0.433 e. The number of nitrogens with one attached hydrogen (secondary N) is 2. The highest BCUT2D eigenvalue weighted by Crippen LogP contribution is 2.44. The van der Waals surface area contributed by atoms with E-state index in [1.807, 2.05) is 61.9 Å². The van der Waals surface area contributed by atoms with Crippen LogP contribution in [0.2, 0.25) is 0 Å². The number of hydrogen-bond donors (Lipinski definition) is 4. The molecular formula is C31H36N3O9P. The SMILES string of the molecule is C=P(C)(C)CC[C@H]1O[C@@H](n2cc(CNCC(=O)OC(=O)OCC3c4ccccc4-c4ccccc43)c(=O)[nH]c2=O)[C@H](O)[C@@H]1O. The summed E-state index contributed by atoms with van der Waals surface area (Å²) in [7, 11) is 0. The minimum Gasteiger partial charge on any atom is -0.433 e. The number of esters is 1. The van der Waals surface area contributed by atoms with Crippen LogP contribution < -0.4 is 16.6 Å². The van der Waals surface area contributed by atoms with Crippen LogP contribution in [-0.4, -0.2) is 89.1 Å². The molecule has 0 radical (unpaired) electrons. The zero-order valence-corrected chi connectivity index (χ0v) is 25.4. The van der Waals surface area contributed by atoms with Crippen LogP contribution in [0.5, 0.6) is 0 Å². The molecule has 1 saturated heterocycles. The minimum absolute atomic E-state index is 0.0101. The summed E-state index contributed by atoms with van der Waals surface area (Å²) < 4.78 is 16.9. The molecule has 13 heteroatoms. The van der Waals surface area contributed by atoms with Gasteiger partial charge in [0.2, 0.25) is 0 Å². The molecular weight excluding hydrogens is 589 g/mol. The molecule has 0 amide bonds. The van der Waals surface area contributed by atoms with E-state index in [1.165, 1.54) is 6.20 Å². The lowest BCUT2D eigenvalue weighted by molar-refractivity contribution is -0.138. The molecule has 4 atom stereocenters. The highest BCUT2D eigenvalue weighted by atomic mass is 31.2. The van der Waals surface area contributed by atoms with E-state index in [-0.39, 0.29) is 24.6 Å². The van der Waals surface area contributed by atoms with E-state index >= 15 is 0 Å². The first-order valence-corrected chi connectivity index (χ1v) is 17.3. The molecule has 12 nitrogen and oxygen atoms in total. The third-order valence-corrected chi connectivity index (χ3v) is 9.25. The van der Waals surface area contributed by atoms with Gasteiger partial charge in [0, 0.05) is 24.2 Å². The monoisotopic (exact) mass is 625 g/mol. The van der Waals surface area contributed by atoms with E-state index in [1.54, 1.807) is 0 Å². The van der Waals surface area contributed by atoms with Crippen LogP contribution in [0.4, 0.5) is 4.79 Å². The number of aromatic nitrogens is 2. The number of hydrogen-bond acceptors (Lipinski definition) is 10. The van der Waals surface area contributed by atoms with Gasteiger partial charge in [-0.25, -0.2) is 9.59 Å². The number of carbonyl (C=O) groups is 2. The van der Waals surface area contributed by atoms with Gasteiger partial charge in [0.25, 0.3) is 5.56 Å². The molecule has 1 fully saturated rings. The quantitative estimate of drug-likeness (QED) is 0.148. The molecule has 234 valence electrons. The Balaban J connectivity index is 1.14. The maximum atomic E-state index is 12.5. The second-order valence-corrected chi connectivity index (χ2v) is 16.0. The standard InChI is InChI=1S/C31H36N3O9P/c1-44(2,3)13-12-24-26(36)27(37)29(42-24)34-16-18(28(38)33-30(34)39)14-32-15-25(35)43-31(40)41-17-23-21-10-6-4-8-19(21)20-9-5-7-11-22(20)23/h4-11,16,23-24,26-27,29,32,36-37H,1,12-15,17H2,2-3H3,(H,33,38,39)/t24-,26-,27-,29-/m1/s1. The summed E-state index contributed by atoms with van der Waals surface area (Å²) in [5, 5.41) is 23.8. The average molecular weight is 626 g/mol. The van der Waals surface area contributed by atoms with Gasteiger partial charge in [-0.2, -0.15) is 0 Å². The summed E-state index contributed by atoms with van der Waals surface area (Å²) in [5.74, 6) is -1.12. The van der Waals surface area contributed by atoms with Crippen LogP contribution in [-0.2, 0) is 25.5 Å². The molecule has 1 aromatic heterocycles. The molecule has 2 heterocycles. The number of fused-ring (bicyclic) bond motifs is 3. The van der Waals surface area contributed by atoms with Crippen LogP contribution in [0.25, 0.3) is 11.1 Å². The lowest BCUT2D eigenvalue weighted by Crippen LogP contribution is -2.39. The number of ether oxygens (including phenoxy) is 3. The summed E-state index contributed by atoms with van der Waals surface area (Å²) in [4.78, 5) is 51.7. The van der Waals surface area contributed by atoms with Gasteiger partial charge in [-0.05, 0) is 48.2 Å². The van der Waals surface area contributed by atoms with Crippen LogP contribution in [0.3, 0.4) is 0 Å². The van der Waals surface area contributed by atoms with Crippen molar-refractivity contribution in [2.75, 3.05) is 32.6 Å². The largest absolute Gasteiger partial charge is 0.516 e. The normalized spacial score (nSPS) is 21.1. The highest BCUT2D eigenvalue weighted by molar-refractivity contribution is 7.72. The number of nitrogens with zero attached hydrogens (tertiary/aromatic N) is 1. The van der Waals surface area contributed by atoms with Crippen molar-refractivity contribution in [3.63, 3.8) is 0 Å². The molecule has 5 rings (SSSR count). The van der Waals surface area contributed by atoms with Gasteiger partial charge in [0.05, 0.1) is 12.6 Å². The second-order valence-electron chi connectivity index (χ2n) is 11.7. The fourth-order valence-corrected chi connectivity index (χ4v) is 6.52. The van der Waals surface area contributed by atoms with Gasteiger partial charge in [-0.3, -0.25) is 19.1 Å². The van der Waals surface area contributed by atoms with Crippen LogP contribution >= 0.6 is 6.89 Å². The number of carbonyl (C=O) groups excluding carboxylic acids is 2. The lowest BCUT2D eigenvalue weighted by Gasteiger charge is -2.19. The first kappa shape index (κ1) is 31.6. The summed E-state index contributed by atoms with van der Waals surface area (Å²) in [6.45, 7) is 2.06. The Morgan fingerprint density at radius 3 is 2.32 bits per heavy atom. The number of rotatable bonds is 10. The number of benzene rings is 2. The summed E-state index contributed by atoms with van der Waals surface area (Å²) in [5.41, 5.74) is 2.69. The van der Waals surface area contributed by atoms with Gasteiger partial charge in [-0.15, -0.1) is 13.2 Å². The number of aliphatic hydroxyl groups excluding tert-OH is 2. The van der Waals surface area contributed by atoms with Crippen LogP contribution in [0.15, 0.2) is 64.3 Å². The van der Waals surface area contributed by atoms with Gasteiger partial charge in [0.1, 0.15) is 18.8 Å². The van der Waals surface area contributed by atoms with Gasteiger partial charge in [-0.1, -0.05) is 48.5 Å². The molecule has 3 aromatic rings. The third kappa shape index (κ3) is 6.95. The molecule has 1 aliphatic carbocycles. The predicted molar refractivity (Wildman–Crippen MR) is 165 cm³/mol. The molecule has 1 aliphatic heterocycles. The Hall–Kier alpha value is -3.80. The van der Waals surface area contributed by atoms with Crippen molar-refractivity contribution in [3.8, 4) is 11.1 Å². The van der Waals surface area contributed by atoms with Crippen molar-refractivity contribution in [2.45, 2.75) is 43.4 Å². The first-order chi connectivity index (χ1) is 20.9. The Bertz CT molecular complexity index is 1670. The van der Waals surface area contributed by atoms with E-state index in [0.29, 0.717) is 6.42 Å². The van der Waals surface area contributed by atoms with E-state index < -0.39 is 61.3 Å². The summed E-state index contributed by atoms with van der Waals surface area (Å²) in [6.07, 6.45) is 0.820. The van der Waals surface area contributed by atoms with Crippen molar-refractivity contribution in [1.29, 1.82) is 0 Å². The zero-order chi connectivity index (χ0) is 31.6. The van der Waals surface area contributed by atoms with E-state index in [2.05, 4.69) is 16.6 Å². The topological polar surface area (TPSA) is 169 Å². The molecule has 44 heavy (non-hydrogen) atoms. The summed E-state index contributed by atoms with van der Waals surface area (Å²) in [6, 6.07) is 15.7. The van der Waals surface area contributed by atoms with Crippen molar-refractivity contribution in [3.05, 3.63) is 92.3 Å². The average Bonchev–Trinajstić information content (AvgIpc) is 3.45.